The zero-order valence-electron chi connectivity index (χ0n) is 19.8. The number of ether oxygens (including phenoxy) is 1. The Morgan fingerprint density at radius 1 is 1.18 bits per heavy atom. The monoisotopic (exact) mass is 553 g/mol. The molecule has 0 fully saturated rings. The Labute approximate surface area is 214 Å². The lowest BCUT2D eigenvalue weighted by molar-refractivity contribution is -0.137. The van der Waals surface area contributed by atoms with Gasteiger partial charge >= 0.3 is 12.3 Å². The van der Waals surface area contributed by atoms with E-state index in [4.69, 9.17) is 9.84 Å². The van der Waals surface area contributed by atoms with Crippen LogP contribution in [0.3, 0.4) is 0 Å². The number of anilines is 2. The van der Waals surface area contributed by atoms with E-state index in [1.165, 1.54) is 18.2 Å². The average Bonchev–Trinajstić information content (AvgIpc) is 3.26. The summed E-state index contributed by atoms with van der Waals surface area (Å²) in [5, 5.41) is 17.9. The third kappa shape index (κ3) is 5.99. The van der Waals surface area contributed by atoms with E-state index < -0.39 is 51.3 Å². The van der Waals surface area contributed by atoms with E-state index in [1.54, 1.807) is 24.0 Å². The second kappa shape index (κ2) is 10.2. The molecule has 2 amide bonds. The minimum Gasteiger partial charge on any atom is -0.486 e. The largest absolute Gasteiger partial charge is 0.486 e. The van der Waals surface area contributed by atoms with Gasteiger partial charge in [0.15, 0.2) is 0 Å². The van der Waals surface area contributed by atoms with Crippen LogP contribution in [0.5, 0.6) is 5.75 Å². The summed E-state index contributed by atoms with van der Waals surface area (Å²) in [5.74, 6) is -0.463. The molecule has 1 unspecified atom stereocenters. The number of hydrogen-bond acceptors (Lipinski definition) is 6. The molecule has 11 nitrogen and oxygen atoms in total. The summed E-state index contributed by atoms with van der Waals surface area (Å²) >= 11 is 0. The number of alkyl halides is 3. The first-order valence-corrected chi connectivity index (χ1v) is 12.5. The standard InChI is InChI=1S/C23H22F3N5O6S/c1-30-8-7-16(29-30)12-27-21(32)11-17-13-31(19-10-15(28-22(33)34)5-6-20(19)37-17)38(35,36)18-4-2-3-14(9-18)23(24,25)26/h2-10,17,28H,11-13H2,1H3,(H,27,32)(H,33,34). The van der Waals surface area contributed by atoms with Gasteiger partial charge in [-0.05, 0) is 42.5 Å². The highest BCUT2D eigenvalue weighted by Gasteiger charge is 2.37. The van der Waals surface area contributed by atoms with Crippen LogP contribution in [0.25, 0.3) is 0 Å². The van der Waals surface area contributed by atoms with Crippen molar-refractivity contribution in [2.75, 3.05) is 16.2 Å². The number of carbonyl (C=O) groups excluding carboxylic acids is 1. The summed E-state index contributed by atoms with van der Waals surface area (Å²) in [6, 6.07) is 8.79. The third-order valence-electron chi connectivity index (χ3n) is 5.54. The highest BCUT2D eigenvalue weighted by Crippen LogP contribution is 2.40. The topological polar surface area (TPSA) is 143 Å². The minimum atomic E-state index is -4.78. The van der Waals surface area contributed by atoms with Crippen molar-refractivity contribution in [2.24, 2.45) is 7.05 Å². The first-order valence-electron chi connectivity index (χ1n) is 11.1. The number of halogens is 3. The van der Waals surface area contributed by atoms with Crippen molar-refractivity contribution in [1.82, 2.24) is 15.1 Å². The molecule has 3 aromatic rings. The summed E-state index contributed by atoms with van der Waals surface area (Å²) in [4.78, 5) is 23.0. The van der Waals surface area contributed by atoms with Gasteiger partial charge in [0, 0.05) is 18.9 Å². The Hall–Kier alpha value is -4.27. The smallest absolute Gasteiger partial charge is 0.416 e. The fraction of sp³-hybridized carbons (Fsp3) is 0.261. The number of carboxylic acid groups (broad SMARTS) is 1. The molecule has 3 N–H and O–H groups in total. The normalized spacial score (nSPS) is 15.4. The number of nitrogens with one attached hydrogen (secondary N) is 2. The fourth-order valence-electron chi connectivity index (χ4n) is 3.83. The zero-order chi connectivity index (χ0) is 27.7. The number of hydrogen-bond donors (Lipinski definition) is 3. The van der Waals surface area contributed by atoms with E-state index in [0.717, 1.165) is 22.5 Å². The van der Waals surface area contributed by atoms with E-state index >= 15 is 0 Å². The second-order valence-corrected chi connectivity index (χ2v) is 10.2. The number of sulfonamides is 1. The molecule has 0 saturated heterocycles. The number of amides is 2. The van der Waals surface area contributed by atoms with Gasteiger partial charge in [-0.2, -0.15) is 18.3 Å². The van der Waals surface area contributed by atoms with Gasteiger partial charge in [0.1, 0.15) is 11.9 Å². The van der Waals surface area contributed by atoms with E-state index in [-0.39, 0.29) is 30.1 Å². The summed E-state index contributed by atoms with van der Waals surface area (Å²) in [7, 11) is -2.87. The molecule has 2 aromatic carbocycles. The summed E-state index contributed by atoms with van der Waals surface area (Å²) < 4.78 is 75.1. The number of carbonyl (C=O) groups is 2. The lowest BCUT2D eigenvalue weighted by Gasteiger charge is -2.35. The van der Waals surface area contributed by atoms with Gasteiger partial charge in [-0.1, -0.05) is 6.07 Å². The number of rotatable bonds is 7. The van der Waals surface area contributed by atoms with Gasteiger partial charge in [-0.25, -0.2) is 13.2 Å². The Kier molecular flexibility index (Phi) is 7.22. The third-order valence-corrected chi connectivity index (χ3v) is 7.32. The van der Waals surface area contributed by atoms with Crippen molar-refractivity contribution in [3.05, 3.63) is 66.0 Å². The minimum absolute atomic E-state index is 0.00488. The maximum atomic E-state index is 13.6. The van der Waals surface area contributed by atoms with E-state index in [1.807, 2.05) is 0 Å². The second-order valence-electron chi connectivity index (χ2n) is 8.38. The van der Waals surface area contributed by atoms with Crippen molar-refractivity contribution < 1.29 is 41.0 Å². The number of fused-ring (bicyclic) bond motifs is 1. The molecular weight excluding hydrogens is 531 g/mol. The van der Waals surface area contributed by atoms with Gasteiger partial charge in [-0.15, -0.1) is 0 Å². The molecule has 1 atom stereocenters. The van der Waals surface area contributed by atoms with Crippen molar-refractivity contribution in [3.8, 4) is 5.75 Å². The molecule has 202 valence electrons. The highest BCUT2D eigenvalue weighted by molar-refractivity contribution is 7.92. The summed E-state index contributed by atoms with van der Waals surface area (Å²) in [5.41, 5.74) is -0.642. The molecule has 4 rings (SSSR count). The maximum Gasteiger partial charge on any atom is 0.416 e. The molecule has 0 bridgehead atoms. The van der Waals surface area contributed by atoms with Crippen molar-refractivity contribution in [2.45, 2.75) is 30.1 Å². The van der Waals surface area contributed by atoms with Crippen LogP contribution in [0.15, 0.2) is 59.6 Å². The van der Waals surface area contributed by atoms with E-state index in [2.05, 4.69) is 15.7 Å². The lowest BCUT2D eigenvalue weighted by atomic mass is 10.1. The van der Waals surface area contributed by atoms with Crippen LogP contribution in [-0.4, -0.2) is 48.0 Å². The van der Waals surface area contributed by atoms with Crippen molar-refractivity contribution >= 4 is 33.4 Å². The van der Waals surface area contributed by atoms with E-state index in [0.29, 0.717) is 11.8 Å². The summed E-state index contributed by atoms with van der Waals surface area (Å²) in [6.45, 7) is -0.293. The van der Waals surface area contributed by atoms with Gasteiger partial charge in [-0.3, -0.25) is 19.1 Å². The van der Waals surface area contributed by atoms with Crippen LogP contribution in [0, 0.1) is 0 Å². The molecule has 1 aliphatic rings. The predicted octanol–water partition coefficient (Wildman–Crippen LogP) is 3.19. The lowest BCUT2D eigenvalue weighted by Crippen LogP contribution is -2.45. The van der Waals surface area contributed by atoms with Crippen LogP contribution in [-0.2, 0) is 34.6 Å². The first kappa shape index (κ1) is 26.8. The number of benzene rings is 2. The quantitative estimate of drug-likeness (QED) is 0.408. The van der Waals surface area contributed by atoms with Crippen LogP contribution >= 0.6 is 0 Å². The zero-order valence-corrected chi connectivity index (χ0v) is 20.6. The number of aromatic nitrogens is 2. The predicted molar refractivity (Wildman–Crippen MR) is 128 cm³/mol. The molecule has 0 spiro atoms. The average molecular weight is 554 g/mol. The molecule has 2 heterocycles. The molecule has 0 aliphatic carbocycles. The molecule has 38 heavy (non-hydrogen) atoms. The van der Waals surface area contributed by atoms with Gasteiger partial charge in [0.05, 0.1) is 41.4 Å². The van der Waals surface area contributed by atoms with E-state index in [9.17, 15) is 31.2 Å². The molecule has 1 aromatic heterocycles. The molecule has 0 saturated carbocycles. The number of nitrogens with zero attached hydrogens (tertiary/aromatic N) is 3. The van der Waals surface area contributed by atoms with Gasteiger partial charge < -0.3 is 15.2 Å². The Bertz CT molecular complexity index is 1470. The van der Waals surface area contributed by atoms with Crippen molar-refractivity contribution in [1.29, 1.82) is 0 Å². The summed E-state index contributed by atoms with van der Waals surface area (Å²) in [6.07, 6.45) is -5.74. The Morgan fingerprint density at radius 2 is 1.95 bits per heavy atom. The molecule has 1 aliphatic heterocycles. The molecule has 0 radical (unpaired) electrons. The first-order chi connectivity index (χ1) is 17.8. The maximum absolute atomic E-state index is 13.6. The van der Waals surface area contributed by atoms with Crippen LogP contribution in [0.1, 0.15) is 17.7 Å². The Morgan fingerprint density at radius 3 is 2.61 bits per heavy atom. The van der Waals surface area contributed by atoms with Crippen LogP contribution in [0.2, 0.25) is 0 Å². The molecule has 15 heteroatoms. The highest BCUT2D eigenvalue weighted by atomic mass is 32.2. The SMILES string of the molecule is Cn1ccc(CNC(=O)CC2CN(S(=O)(=O)c3cccc(C(F)(F)F)c3)c3cc(NC(=O)O)ccc3O2)n1. The Balaban J connectivity index is 1.64. The molecular formula is C23H22F3N5O6S. The number of aryl methyl sites for hydroxylation is 1. The van der Waals surface area contributed by atoms with Crippen LogP contribution < -0.4 is 19.7 Å². The van der Waals surface area contributed by atoms with Gasteiger partial charge in [0.2, 0.25) is 5.91 Å². The van der Waals surface area contributed by atoms with Crippen molar-refractivity contribution in [3.63, 3.8) is 0 Å². The van der Waals surface area contributed by atoms with Gasteiger partial charge in [0.25, 0.3) is 10.0 Å². The fourth-order valence-corrected chi connectivity index (χ4v) is 5.38. The van der Waals surface area contributed by atoms with Crippen LogP contribution in [0.4, 0.5) is 29.3 Å².